The summed E-state index contributed by atoms with van der Waals surface area (Å²) in [6, 6.07) is 4.96. The van der Waals surface area contributed by atoms with Crippen LogP contribution < -0.4 is 5.73 Å². The first-order valence-corrected chi connectivity index (χ1v) is 3.95. The largest absolute Gasteiger partial charge is 0.423 e. The van der Waals surface area contributed by atoms with E-state index >= 15 is 0 Å². The zero-order valence-corrected chi connectivity index (χ0v) is 7.18. The summed E-state index contributed by atoms with van der Waals surface area (Å²) in [4.78, 5) is 0. The smallest absolute Gasteiger partial charge is 0.326 e. The van der Waals surface area contributed by atoms with E-state index in [2.05, 4.69) is 0 Å². The molecule has 0 heterocycles. The number of halogens is 4. The number of nitrogens with two attached hydrogens (primary N) is 1. The molecule has 78 valence electrons. The molecule has 2 N–H and O–H groups in total. The quantitative estimate of drug-likeness (QED) is 0.741. The molecule has 1 atom stereocenters. The number of alkyl halides is 4. The average molecular weight is 207 g/mol. The summed E-state index contributed by atoms with van der Waals surface area (Å²) in [6.07, 6.45) is -7.76. The maximum atomic E-state index is 12.7. The normalized spacial score (nSPS) is 14.1. The van der Waals surface area contributed by atoms with Crippen molar-refractivity contribution >= 4 is 0 Å². The van der Waals surface area contributed by atoms with Crippen LogP contribution in [0.25, 0.3) is 0 Å². The van der Waals surface area contributed by atoms with E-state index < -0.39 is 17.9 Å². The lowest BCUT2D eigenvalue weighted by molar-refractivity contribution is -0.182. The Morgan fingerprint density at radius 3 is 2.00 bits per heavy atom. The van der Waals surface area contributed by atoms with Crippen molar-refractivity contribution in [1.82, 2.24) is 0 Å². The predicted octanol–water partition coefficient (Wildman–Crippen LogP) is 2.72. The second-order valence-electron chi connectivity index (χ2n) is 2.85. The SMILES string of the molecule is NCc1ccc([C@@H](F)C(F)(F)F)cc1. The molecule has 1 aromatic rings. The number of hydrogen-bond donors (Lipinski definition) is 1. The molecule has 1 rings (SSSR count). The van der Waals surface area contributed by atoms with E-state index in [0.29, 0.717) is 5.56 Å². The third kappa shape index (κ3) is 2.45. The highest BCUT2D eigenvalue weighted by atomic mass is 19.4. The van der Waals surface area contributed by atoms with Crippen LogP contribution in [0.1, 0.15) is 17.3 Å². The summed E-state index contributed by atoms with van der Waals surface area (Å²) in [6.45, 7) is 0.225. The minimum atomic E-state index is -4.84. The minimum absolute atomic E-state index is 0.225. The zero-order chi connectivity index (χ0) is 10.8. The second-order valence-corrected chi connectivity index (χ2v) is 2.85. The van der Waals surface area contributed by atoms with Gasteiger partial charge in [-0.05, 0) is 11.1 Å². The first-order chi connectivity index (χ1) is 6.45. The van der Waals surface area contributed by atoms with Crippen molar-refractivity contribution in [2.45, 2.75) is 18.9 Å². The molecular formula is C9H9F4N. The van der Waals surface area contributed by atoms with Crippen molar-refractivity contribution in [3.05, 3.63) is 35.4 Å². The molecule has 0 aliphatic carbocycles. The molecule has 0 spiro atoms. The molecule has 14 heavy (non-hydrogen) atoms. The monoisotopic (exact) mass is 207 g/mol. The lowest BCUT2D eigenvalue weighted by atomic mass is 10.1. The molecule has 0 unspecified atom stereocenters. The fourth-order valence-electron chi connectivity index (χ4n) is 1.01. The number of hydrogen-bond acceptors (Lipinski definition) is 1. The van der Waals surface area contributed by atoms with E-state index in [4.69, 9.17) is 5.73 Å². The van der Waals surface area contributed by atoms with Gasteiger partial charge in [0.15, 0.2) is 0 Å². The molecule has 5 heteroatoms. The van der Waals surface area contributed by atoms with Gasteiger partial charge in [0.25, 0.3) is 0 Å². The molecule has 1 nitrogen and oxygen atoms in total. The van der Waals surface area contributed by atoms with E-state index in [1.165, 1.54) is 12.1 Å². The van der Waals surface area contributed by atoms with Gasteiger partial charge in [-0.25, -0.2) is 4.39 Å². The van der Waals surface area contributed by atoms with Crippen LogP contribution in [-0.2, 0) is 6.54 Å². The lowest BCUT2D eigenvalue weighted by Gasteiger charge is -2.12. The molecule has 0 bridgehead atoms. The molecular weight excluding hydrogens is 198 g/mol. The van der Waals surface area contributed by atoms with Gasteiger partial charge in [0.1, 0.15) is 0 Å². The Balaban J connectivity index is 2.87. The molecule has 0 radical (unpaired) electrons. The molecule has 0 aliphatic rings. The van der Waals surface area contributed by atoms with Crippen LogP contribution in [0.2, 0.25) is 0 Å². The molecule has 0 amide bonds. The van der Waals surface area contributed by atoms with Crippen molar-refractivity contribution in [3.8, 4) is 0 Å². The maximum absolute atomic E-state index is 12.7. The van der Waals surface area contributed by atoms with Crippen molar-refractivity contribution in [1.29, 1.82) is 0 Å². The second kappa shape index (κ2) is 3.96. The molecule has 0 saturated heterocycles. The summed E-state index contributed by atoms with van der Waals surface area (Å²) in [5.41, 5.74) is 5.52. The van der Waals surface area contributed by atoms with Crippen molar-refractivity contribution in [2.75, 3.05) is 0 Å². The van der Waals surface area contributed by atoms with Gasteiger partial charge in [-0.2, -0.15) is 13.2 Å². The highest BCUT2D eigenvalue weighted by Crippen LogP contribution is 2.35. The van der Waals surface area contributed by atoms with Gasteiger partial charge in [0.05, 0.1) is 0 Å². The van der Waals surface area contributed by atoms with Crippen LogP contribution in [0.4, 0.5) is 17.6 Å². The molecule has 0 saturated carbocycles. The fraction of sp³-hybridized carbons (Fsp3) is 0.333. The van der Waals surface area contributed by atoms with Crippen LogP contribution in [0.5, 0.6) is 0 Å². The Bertz CT molecular complexity index is 291. The summed E-state index contributed by atoms with van der Waals surface area (Å²) in [5.74, 6) is 0. The zero-order valence-electron chi connectivity index (χ0n) is 7.18. The van der Waals surface area contributed by atoms with Gasteiger partial charge in [-0.3, -0.25) is 0 Å². The topological polar surface area (TPSA) is 26.0 Å². The third-order valence-electron chi connectivity index (χ3n) is 1.80. The van der Waals surface area contributed by atoms with E-state index in [9.17, 15) is 17.6 Å². The minimum Gasteiger partial charge on any atom is -0.326 e. The van der Waals surface area contributed by atoms with Gasteiger partial charge in [-0.1, -0.05) is 24.3 Å². The Morgan fingerprint density at radius 1 is 1.14 bits per heavy atom. The van der Waals surface area contributed by atoms with Crippen LogP contribution in [0.15, 0.2) is 24.3 Å². The summed E-state index contributed by atoms with van der Waals surface area (Å²) < 4.78 is 48.5. The number of benzene rings is 1. The van der Waals surface area contributed by atoms with E-state index in [0.717, 1.165) is 12.1 Å². The Hall–Kier alpha value is -1.10. The van der Waals surface area contributed by atoms with Gasteiger partial charge in [0, 0.05) is 6.54 Å². The molecule has 1 aromatic carbocycles. The van der Waals surface area contributed by atoms with Crippen LogP contribution in [-0.4, -0.2) is 6.18 Å². The Morgan fingerprint density at radius 2 is 1.64 bits per heavy atom. The number of rotatable bonds is 2. The van der Waals surface area contributed by atoms with Gasteiger partial charge < -0.3 is 5.73 Å². The van der Waals surface area contributed by atoms with Crippen molar-refractivity contribution in [3.63, 3.8) is 0 Å². The van der Waals surface area contributed by atoms with Crippen molar-refractivity contribution in [2.24, 2.45) is 5.73 Å². The lowest BCUT2D eigenvalue weighted by Crippen LogP contribution is -2.16. The molecule has 0 aliphatic heterocycles. The van der Waals surface area contributed by atoms with Crippen LogP contribution in [0, 0.1) is 0 Å². The summed E-state index contributed by atoms with van der Waals surface area (Å²) in [7, 11) is 0. The average Bonchev–Trinajstić information content (AvgIpc) is 2.15. The first-order valence-electron chi connectivity index (χ1n) is 3.95. The first kappa shape index (κ1) is 11.0. The van der Waals surface area contributed by atoms with Gasteiger partial charge in [0.2, 0.25) is 6.17 Å². The van der Waals surface area contributed by atoms with E-state index in [1.54, 1.807) is 0 Å². The van der Waals surface area contributed by atoms with Crippen molar-refractivity contribution < 1.29 is 17.6 Å². The highest BCUT2D eigenvalue weighted by Gasteiger charge is 2.41. The summed E-state index contributed by atoms with van der Waals surface area (Å²) >= 11 is 0. The standard InChI is InChI=1S/C9H9F4N/c10-8(9(11,12)13)7-3-1-6(5-14)2-4-7/h1-4,8H,5,14H2/t8-/m1/s1. The predicted molar refractivity (Wildman–Crippen MR) is 44.2 cm³/mol. The van der Waals surface area contributed by atoms with Crippen LogP contribution >= 0.6 is 0 Å². The summed E-state index contributed by atoms with van der Waals surface area (Å²) in [5, 5.41) is 0. The molecule has 0 fully saturated rings. The maximum Gasteiger partial charge on any atom is 0.423 e. The molecule has 0 aromatic heterocycles. The Kier molecular flexibility index (Phi) is 3.10. The van der Waals surface area contributed by atoms with E-state index in [-0.39, 0.29) is 6.54 Å². The Labute approximate surface area is 78.5 Å². The van der Waals surface area contributed by atoms with Crippen LogP contribution in [0.3, 0.4) is 0 Å². The van der Waals surface area contributed by atoms with E-state index in [1.807, 2.05) is 0 Å². The van der Waals surface area contributed by atoms with Gasteiger partial charge >= 0.3 is 6.18 Å². The van der Waals surface area contributed by atoms with Gasteiger partial charge in [-0.15, -0.1) is 0 Å². The third-order valence-corrected chi connectivity index (χ3v) is 1.80. The fourth-order valence-corrected chi connectivity index (χ4v) is 1.01. The highest BCUT2D eigenvalue weighted by molar-refractivity contribution is 5.24.